The number of furan rings is 1. The van der Waals surface area contributed by atoms with Crippen molar-refractivity contribution in [3.63, 3.8) is 0 Å². The summed E-state index contributed by atoms with van der Waals surface area (Å²) in [6, 6.07) is 6.08. The van der Waals surface area contributed by atoms with Gasteiger partial charge in [-0.15, -0.1) is 0 Å². The van der Waals surface area contributed by atoms with Crippen molar-refractivity contribution in [1.82, 2.24) is 5.32 Å². The van der Waals surface area contributed by atoms with E-state index < -0.39 is 0 Å². The van der Waals surface area contributed by atoms with Gasteiger partial charge in [0.05, 0.1) is 18.3 Å². The molecule has 0 unspecified atom stereocenters. The van der Waals surface area contributed by atoms with Crippen LogP contribution in [-0.2, 0) is 0 Å². The van der Waals surface area contributed by atoms with Crippen LogP contribution in [0.4, 0.5) is 0 Å². The van der Waals surface area contributed by atoms with Crippen molar-refractivity contribution in [2.24, 2.45) is 5.92 Å². The van der Waals surface area contributed by atoms with Crippen LogP contribution in [0.25, 0.3) is 0 Å². The molecule has 0 radical (unpaired) electrons. The van der Waals surface area contributed by atoms with Gasteiger partial charge in [0.15, 0.2) is 0 Å². The normalized spacial score (nSPS) is 28.6. The molecule has 1 N–H and O–H groups in total. The SMILES string of the molecule is N#C[C@@H]1CNC[C@H]1c1ccco1. The Bertz CT molecular complexity index is 286. The predicted molar refractivity (Wildman–Crippen MR) is 43.4 cm³/mol. The average Bonchev–Trinajstić information content (AvgIpc) is 2.74. The van der Waals surface area contributed by atoms with Gasteiger partial charge in [-0.3, -0.25) is 0 Å². The van der Waals surface area contributed by atoms with Gasteiger partial charge in [-0.05, 0) is 12.1 Å². The molecule has 3 heteroatoms. The minimum absolute atomic E-state index is 0.0659. The van der Waals surface area contributed by atoms with Crippen LogP contribution in [0.3, 0.4) is 0 Å². The highest BCUT2D eigenvalue weighted by atomic mass is 16.3. The fourth-order valence-corrected chi connectivity index (χ4v) is 1.62. The molecule has 1 saturated heterocycles. The van der Waals surface area contributed by atoms with E-state index in [1.54, 1.807) is 6.26 Å². The van der Waals surface area contributed by atoms with Crippen molar-refractivity contribution in [3.05, 3.63) is 24.2 Å². The number of nitrogens with one attached hydrogen (secondary N) is 1. The molecule has 0 amide bonds. The minimum atomic E-state index is 0.0659. The Morgan fingerprint density at radius 2 is 2.50 bits per heavy atom. The highest BCUT2D eigenvalue weighted by molar-refractivity contribution is 5.14. The van der Waals surface area contributed by atoms with E-state index in [1.807, 2.05) is 12.1 Å². The molecule has 1 aliphatic heterocycles. The first-order valence-electron chi connectivity index (χ1n) is 4.05. The maximum atomic E-state index is 8.80. The molecule has 0 saturated carbocycles. The summed E-state index contributed by atoms with van der Waals surface area (Å²) in [5, 5.41) is 12.0. The largest absolute Gasteiger partial charge is 0.469 e. The third kappa shape index (κ3) is 1.10. The lowest BCUT2D eigenvalue weighted by molar-refractivity contribution is 0.451. The lowest BCUT2D eigenvalue weighted by Gasteiger charge is -2.07. The maximum Gasteiger partial charge on any atom is 0.109 e. The summed E-state index contributed by atoms with van der Waals surface area (Å²) in [6.07, 6.45) is 1.65. The summed E-state index contributed by atoms with van der Waals surface area (Å²) >= 11 is 0. The van der Waals surface area contributed by atoms with Crippen LogP contribution < -0.4 is 5.32 Å². The molecule has 2 heterocycles. The summed E-state index contributed by atoms with van der Waals surface area (Å²) in [7, 11) is 0. The summed E-state index contributed by atoms with van der Waals surface area (Å²) in [4.78, 5) is 0. The topological polar surface area (TPSA) is 49.0 Å². The van der Waals surface area contributed by atoms with Crippen LogP contribution in [0.15, 0.2) is 22.8 Å². The van der Waals surface area contributed by atoms with Crippen LogP contribution in [0.2, 0.25) is 0 Å². The van der Waals surface area contributed by atoms with Gasteiger partial charge in [-0.2, -0.15) is 5.26 Å². The molecule has 62 valence electrons. The molecule has 12 heavy (non-hydrogen) atoms. The number of hydrogen-bond acceptors (Lipinski definition) is 3. The smallest absolute Gasteiger partial charge is 0.109 e. The molecular formula is C9H10N2O. The number of rotatable bonds is 1. The molecule has 2 atom stereocenters. The van der Waals surface area contributed by atoms with E-state index in [4.69, 9.17) is 9.68 Å². The molecule has 0 bridgehead atoms. The summed E-state index contributed by atoms with van der Waals surface area (Å²) in [5.74, 6) is 1.23. The van der Waals surface area contributed by atoms with Gasteiger partial charge < -0.3 is 9.73 Å². The maximum absolute atomic E-state index is 8.80. The Kier molecular flexibility index (Phi) is 1.84. The Labute approximate surface area is 71.0 Å². The monoisotopic (exact) mass is 162 g/mol. The second-order valence-corrected chi connectivity index (χ2v) is 3.02. The van der Waals surface area contributed by atoms with Crippen molar-refractivity contribution >= 4 is 0 Å². The zero-order chi connectivity index (χ0) is 8.39. The van der Waals surface area contributed by atoms with Crippen LogP contribution >= 0.6 is 0 Å². The molecular weight excluding hydrogens is 152 g/mol. The number of nitrogens with zero attached hydrogens (tertiary/aromatic N) is 1. The molecule has 0 aromatic carbocycles. The first-order valence-corrected chi connectivity index (χ1v) is 4.05. The number of hydrogen-bond donors (Lipinski definition) is 1. The zero-order valence-electron chi connectivity index (χ0n) is 6.66. The van der Waals surface area contributed by atoms with Gasteiger partial charge in [0, 0.05) is 19.0 Å². The second-order valence-electron chi connectivity index (χ2n) is 3.02. The van der Waals surface area contributed by atoms with Gasteiger partial charge in [0.2, 0.25) is 0 Å². The van der Waals surface area contributed by atoms with E-state index in [0.29, 0.717) is 0 Å². The molecule has 0 spiro atoms. The molecule has 1 aromatic rings. The van der Waals surface area contributed by atoms with Gasteiger partial charge in [-0.25, -0.2) is 0 Å². The predicted octanol–water partition coefficient (Wildman–Crippen LogP) is 1.11. The first kappa shape index (κ1) is 7.38. The zero-order valence-corrected chi connectivity index (χ0v) is 6.66. The van der Waals surface area contributed by atoms with Gasteiger partial charge in [-0.1, -0.05) is 0 Å². The van der Waals surface area contributed by atoms with Crippen LogP contribution in [-0.4, -0.2) is 13.1 Å². The van der Waals surface area contributed by atoms with Crippen molar-refractivity contribution in [1.29, 1.82) is 5.26 Å². The molecule has 1 aromatic heterocycles. The highest BCUT2D eigenvalue weighted by Gasteiger charge is 2.29. The Morgan fingerprint density at radius 1 is 1.58 bits per heavy atom. The number of nitriles is 1. The lowest BCUT2D eigenvalue weighted by Crippen LogP contribution is -2.07. The van der Waals surface area contributed by atoms with Crippen LogP contribution in [0, 0.1) is 17.2 Å². The highest BCUT2D eigenvalue weighted by Crippen LogP contribution is 2.27. The summed E-state index contributed by atoms with van der Waals surface area (Å²) in [6.45, 7) is 1.63. The van der Waals surface area contributed by atoms with Crippen LogP contribution in [0.5, 0.6) is 0 Å². The first-order chi connectivity index (χ1) is 5.92. The molecule has 3 nitrogen and oxygen atoms in total. The molecule has 2 rings (SSSR count). The Morgan fingerprint density at radius 3 is 3.17 bits per heavy atom. The van der Waals surface area contributed by atoms with E-state index >= 15 is 0 Å². The molecule has 1 fully saturated rings. The molecule has 1 aliphatic rings. The summed E-state index contributed by atoms with van der Waals surface area (Å²) in [5.41, 5.74) is 0. The van der Waals surface area contributed by atoms with Gasteiger partial charge >= 0.3 is 0 Å². The van der Waals surface area contributed by atoms with Gasteiger partial charge in [0.1, 0.15) is 5.76 Å². The van der Waals surface area contributed by atoms with E-state index in [1.165, 1.54) is 0 Å². The molecule has 0 aliphatic carbocycles. The van der Waals surface area contributed by atoms with Crippen LogP contribution in [0.1, 0.15) is 11.7 Å². The van der Waals surface area contributed by atoms with Crippen molar-refractivity contribution in [2.75, 3.05) is 13.1 Å². The second kappa shape index (κ2) is 3.00. The third-order valence-electron chi connectivity index (χ3n) is 2.29. The van der Waals surface area contributed by atoms with Crippen molar-refractivity contribution in [2.45, 2.75) is 5.92 Å². The third-order valence-corrected chi connectivity index (χ3v) is 2.29. The quantitative estimate of drug-likeness (QED) is 0.672. The summed E-state index contributed by atoms with van der Waals surface area (Å²) < 4.78 is 5.26. The van der Waals surface area contributed by atoms with E-state index in [2.05, 4.69) is 11.4 Å². The van der Waals surface area contributed by atoms with E-state index in [9.17, 15) is 0 Å². The van der Waals surface area contributed by atoms with Gasteiger partial charge in [0.25, 0.3) is 0 Å². The Balaban J connectivity index is 2.20. The minimum Gasteiger partial charge on any atom is -0.469 e. The average molecular weight is 162 g/mol. The lowest BCUT2D eigenvalue weighted by atomic mass is 9.95. The van der Waals surface area contributed by atoms with Crippen molar-refractivity contribution in [3.8, 4) is 6.07 Å². The Hall–Kier alpha value is -1.27. The fourth-order valence-electron chi connectivity index (χ4n) is 1.62. The van der Waals surface area contributed by atoms with Crippen molar-refractivity contribution < 1.29 is 4.42 Å². The van der Waals surface area contributed by atoms with E-state index in [-0.39, 0.29) is 11.8 Å². The van der Waals surface area contributed by atoms with E-state index in [0.717, 1.165) is 18.8 Å². The fraction of sp³-hybridized carbons (Fsp3) is 0.444. The standard InChI is InChI=1S/C9H10N2O/c10-4-7-5-11-6-8(7)9-2-1-3-12-9/h1-3,7-8,11H,5-6H2/t7-,8-/m1/s1.